The number of phenols is 1. The molecule has 0 radical (unpaired) electrons. The predicted octanol–water partition coefficient (Wildman–Crippen LogP) is 1.51. The van der Waals surface area contributed by atoms with Crippen LogP contribution in [0.3, 0.4) is 0 Å². The monoisotopic (exact) mass is 238 g/mol. The Morgan fingerprint density at radius 2 is 1.88 bits per heavy atom. The van der Waals surface area contributed by atoms with E-state index in [9.17, 15) is 22.7 Å². The summed E-state index contributed by atoms with van der Waals surface area (Å²) < 4.78 is 49.9. The lowest BCUT2D eigenvalue weighted by atomic mass is 10.0. The summed E-state index contributed by atoms with van der Waals surface area (Å²) in [4.78, 5) is 0. The van der Waals surface area contributed by atoms with Crippen molar-refractivity contribution >= 4 is 0 Å². The molecule has 0 unspecified atom stereocenters. The molecule has 0 aliphatic heterocycles. The quantitative estimate of drug-likeness (QED) is 0.684. The van der Waals surface area contributed by atoms with Crippen molar-refractivity contribution in [1.82, 2.24) is 0 Å². The van der Waals surface area contributed by atoms with Gasteiger partial charge in [-0.15, -0.1) is 0 Å². The molecule has 0 aliphatic carbocycles. The third-order valence-corrected chi connectivity index (χ3v) is 2.11. The Hall–Kier alpha value is -1.34. The van der Waals surface area contributed by atoms with Crippen LogP contribution in [-0.4, -0.2) is 11.7 Å². The van der Waals surface area contributed by atoms with Gasteiger partial charge in [0.2, 0.25) is 0 Å². The molecule has 1 rings (SSSR count). The van der Waals surface area contributed by atoms with Crippen LogP contribution in [0.1, 0.15) is 17.2 Å². The van der Waals surface area contributed by atoms with Gasteiger partial charge in [0.1, 0.15) is 0 Å². The van der Waals surface area contributed by atoms with Gasteiger partial charge in [0.15, 0.2) is 11.6 Å². The van der Waals surface area contributed by atoms with Crippen LogP contribution in [0.5, 0.6) is 5.75 Å². The lowest BCUT2D eigenvalue weighted by Crippen LogP contribution is -2.21. The molecule has 1 atom stereocenters. The van der Waals surface area contributed by atoms with Gasteiger partial charge in [-0.2, -0.15) is 13.2 Å². The first-order chi connectivity index (χ1) is 7.29. The number of benzene rings is 1. The number of rotatable bonds is 2. The molecule has 0 saturated heterocycles. The molecule has 90 valence electrons. The van der Waals surface area contributed by atoms with Crippen LogP contribution in [0.15, 0.2) is 12.1 Å². The fourth-order valence-corrected chi connectivity index (χ4v) is 1.22. The van der Waals surface area contributed by atoms with Crippen molar-refractivity contribution in [3.8, 4) is 5.75 Å². The van der Waals surface area contributed by atoms with Crippen molar-refractivity contribution < 1.29 is 22.7 Å². The Bertz CT molecular complexity index is 392. The van der Waals surface area contributed by atoms with Gasteiger partial charge in [0.05, 0.1) is 5.56 Å². The van der Waals surface area contributed by atoms with Gasteiger partial charge >= 0.3 is 6.18 Å². The molecule has 0 aromatic heterocycles. The molecular weight excluding hydrogens is 228 g/mol. The third kappa shape index (κ3) is 2.25. The van der Waals surface area contributed by atoms with Crippen LogP contribution in [-0.2, 0) is 6.18 Å². The minimum atomic E-state index is -4.85. The summed E-state index contributed by atoms with van der Waals surface area (Å²) in [5, 5.41) is 9.23. The molecule has 3 nitrogen and oxygen atoms in total. The second-order valence-electron chi connectivity index (χ2n) is 3.20. The molecule has 0 heterocycles. The van der Waals surface area contributed by atoms with Gasteiger partial charge in [0.25, 0.3) is 0 Å². The first-order valence-electron chi connectivity index (χ1n) is 4.33. The van der Waals surface area contributed by atoms with Crippen LogP contribution in [0.4, 0.5) is 17.6 Å². The average Bonchev–Trinajstić information content (AvgIpc) is 2.19. The number of aromatic hydroxyl groups is 1. The summed E-state index contributed by atoms with van der Waals surface area (Å²) in [5.41, 5.74) is 8.88. The minimum absolute atomic E-state index is 0.113. The highest BCUT2D eigenvalue weighted by Gasteiger charge is 2.36. The van der Waals surface area contributed by atoms with Crippen molar-refractivity contribution in [2.75, 3.05) is 6.54 Å². The maximum Gasteiger partial charge on any atom is 0.419 e. The summed E-state index contributed by atoms with van der Waals surface area (Å²) in [6.45, 7) is -0.113. The number of hydrogen-bond acceptors (Lipinski definition) is 3. The lowest BCUT2D eigenvalue weighted by Gasteiger charge is -2.15. The largest absolute Gasteiger partial charge is 0.505 e. The van der Waals surface area contributed by atoms with Gasteiger partial charge in [-0.25, -0.2) is 4.39 Å². The van der Waals surface area contributed by atoms with E-state index in [0.717, 1.165) is 6.07 Å². The van der Waals surface area contributed by atoms with E-state index in [4.69, 9.17) is 11.5 Å². The maximum atomic E-state index is 13.2. The Labute approximate surface area is 88.7 Å². The number of phenolic OH excluding ortho intramolecular Hbond substituents is 1. The molecule has 0 saturated carbocycles. The zero-order valence-corrected chi connectivity index (χ0v) is 8.05. The SMILES string of the molecule is NC[C@@H](N)c1ccc(C(F)(F)F)c(F)c1O. The smallest absolute Gasteiger partial charge is 0.419 e. The Morgan fingerprint density at radius 3 is 2.31 bits per heavy atom. The van der Waals surface area contributed by atoms with Crippen molar-refractivity contribution in [1.29, 1.82) is 0 Å². The number of halogens is 4. The Kier molecular flexibility index (Phi) is 3.39. The van der Waals surface area contributed by atoms with Crippen molar-refractivity contribution in [3.05, 3.63) is 29.1 Å². The van der Waals surface area contributed by atoms with E-state index < -0.39 is 29.3 Å². The highest BCUT2D eigenvalue weighted by atomic mass is 19.4. The Balaban J connectivity index is 3.29. The molecule has 1 aromatic carbocycles. The third-order valence-electron chi connectivity index (χ3n) is 2.11. The summed E-state index contributed by atoms with van der Waals surface area (Å²) in [6.07, 6.45) is -4.85. The van der Waals surface area contributed by atoms with E-state index >= 15 is 0 Å². The second-order valence-corrected chi connectivity index (χ2v) is 3.20. The molecule has 1 aromatic rings. The van der Waals surface area contributed by atoms with E-state index in [0.29, 0.717) is 6.07 Å². The zero-order valence-electron chi connectivity index (χ0n) is 8.05. The van der Waals surface area contributed by atoms with Gasteiger partial charge in [-0.1, -0.05) is 6.07 Å². The molecular formula is C9H10F4N2O. The van der Waals surface area contributed by atoms with Crippen LogP contribution >= 0.6 is 0 Å². The molecule has 0 bridgehead atoms. The van der Waals surface area contributed by atoms with E-state index in [2.05, 4.69) is 0 Å². The lowest BCUT2D eigenvalue weighted by molar-refractivity contribution is -0.140. The Morgan fingerprint density at radius 1 is 1.31 bits per heavy atom. The van der Waals surface area contributed by atoms with Crippen molar-refractivity contribution in [3.63, 3.8) is 0 Å². The highest BCUT2D eigenvalue weighted by Crippen LogP contribution is 2.37. The topological polar surface area (TPSA) is 72.3 Å². The molecule has 0 fully saturated rings. The highest BCUT2D eigenvalue weighted by molar-refractivity contribution is 5.41. The molecule has 7 heteroatoms. The van der Waals surface area contributed by atoms with Crippen molar-refractivity contribution in [2.45, 2.75) is 12.2 Å². The van der Waals surface area contributed by atoms with Crippen LogP contribution in [0, 0.1) is 5.82 Å². The van der Waals surface area contributed by atoms with Crippen LogP contribution < -0.4 is 11.5 Å². The molecule has 16 heavy (non-hydrogen) atoms. The summed E-state index contributed by atoms with van der Waals surface area (Å²) in [6, 6.07) is 0.537. The fourth-order valence-electron chi connectivity index (χ4n) is 1.22. The second kappa shape index (κ2) is 4.26. The van der Waals surface area contributed by atoms with E-state index in [1.165, 1.54) is 0 Å². The van der Waals surface area contributed by atoms with Gasteiger partial charge in [0, 0.05) is 18.2 Å². The van der Waals surface area contributed by atoms with Gasteiger partial charge in [-0.3, -0.25) is 0 Å². The van der Waals surface area contributed by atoms with E-state index in [1.807, 2.05) is 0 Å². The summed E-state index contributed by atoms with van der Waals surface area (Å²) >= 11 is 0. The standard InChI is InChI=1S/C9H10F4N2O/c10-7-5(9(11,12)13)2-1-4(8(7)16)6(15)3-14/h1-2,6,16H,3,14-15H2/t6-/m1/s1. The maximum absolute atomic E-state index is 13.2. The zero-order chi connectivity index (χ0) is 12.5. The summed E-state index contributed by atoms with van der Waals surface area (Å²) in [5.74, 6) is -2.83. The molecule has 5 N–H and O–H groups in total. The predicted molar refractivity (Wildman–Crippen MR) is 49.0 cm³/mol. The number of nitrogens with two attached hydrogens (primary N) is 2. The summed E-state index contributed by atoms with van der Waals surface area (Å²) in [7, 11) is 0. The molecule has 0 aliphatic rings. The first kappa shape index (κ1) is 12.7. The van der Waals surface area contributed by atoms with Crippen molar-refractivity contribution in [2.24, 2.45) is 11.5 Å². The van der Waals surface area contributed by atoms with E-state index in [-0.39, 0.29) is 12.1 Å². The van der Waals surface area contributed by atoms with Crippen LogP contribution in [0.2, 0.25) is 0 Å². The molecule has 0 spiro atoms. The van der Waals surface area contributed by atoms with Gasteiger partial charge < -0.3 is 16.6 Å². The minimum Gasteiger partial charge on any atom is -0.505 e. The van der Waals surface area contributed by atoms with Gasteiger partial charge in [-0.05, 0) is 6.07 Å². The average molecular weight is 238 g/mol. The normalized spacial score (nSPS) is 13.9. The number of hydrogen-bond donors (Lipinski definition) is 3. The first-order valence-corrected chi connectivity index (χ1v) is 4.33. The number of alkyl halides is 3. The molecule has 0 amide bonds. The van der Waals surface area contributed by atoms with Crippen LogP contribution in [0.25, 0.3) is 0 Å². The van der Waals surface area contributed by atoms with E-state index in [1.54, 1.807) is 0 Å². The fraction of sp³-hybridized carbons (Fsp3) is 0.333.